The maximum absolute atomic E-state index is 12.6. The van der Waals surface area contributed by atoms with Crippen LogP contribution in [0.1, 0.15) is 37.7 Å². The second-order valence-electron chi connectivity index (χ2n) is 6.67. The lowest BCUT2D eigenvalue weighted by molar-refractivity contribution is -0.134. The van der Waals surface area contributed by atoms with E-state index >= 15 is 0 Å². The van der Waals surface area contributed by atoms with Crippen molar-refractivity contribution in [1.82, 2.24) is 4.90 Å². The number of amides is 1. The molecule has 1 aromatic carbocycles. The highest BCUT2D eigenvalue weighted by Crippen LogP contribution is 2.49. The molecule has 5 heteroatoms. The lowest BCUT2D eigenvalue weighted by atomic mass is 9.91. The Kier molecular flexibility index (Phi) is 4.67. The van der Waals surface area contributed by atoms with E-state index in [0.29, 0.717) is 16.0 Å². The fourth-order valence-electron chi connectivity index (χ4n) is 3.51. The summed E-state index contributed by atoms with van der Waals surface area (Å²) in [7, 11) is 0. The maximum Gasteiger partial charge on any atom is 0.226 e. The number of halogens is 2. The minimum absolute atomic E-state index is 0.0985. The third-order valence-corrected chi connectivity index (χ3v) is 5.45. The first-order valence-corrected chi connectivity index (χ1v) is 8.71. The summed E-state index contributed by atoms with van der Waals surface area (Å²) in [5.41, 5.74) is 7.04. The van der Waals surface area contributed by atoms with Crippen molar-refractivity contribution < 1.29 is 4.79 Å². The predicted molar refractivity (Wildman–Crippen MR) is 90.3 cm³/mol. The highest BCUT2D eigenvalue weighted by Gasteiger charge is 2.46. The first-order chi connectivity index (χ1) is 10.5. The summed E-state index contributed by atoms with van der Waals surface area (Å²) >= 11 is 12.1. The lowest BCUT2D eigenvalue weighted by Crippen LogP contribution is -2.43. The van der Waals surface area contributed by atoms with Crippen molar-refractivity contribution in [1.29, 1.82) is 0 Å². The van der Waals surface area contributed by atoms with Gasteiger partial charge in [-0.2, -0.15) is 0 Å². The molecule has 3 unspecified atom stereocenters. The Labute approximate surface area is 141 Å². The molecule has 3 rings (SSSR count). The van der Waals surface area contributed by atoms with E-state index in [1.165, 1.54) is 0 Å². The van der Waals surface area contributed by atoms with Crippen LogP contribution in [0.15, 0.2) is 18.2 Å². The highest BCUT2D eigenvalue weighted by molar-refractivity contribution is 6.34. The molecule has 1 saturated carbocycles. The van der Waals surface area contributed by atoms with Crippen LogP contribution in [0.2, 0.25) is 10.0 Å². The lowest BCUT2D eigenvalue weighted by Gasteiger charge is -2.34. The van der Waals surface area contributed by atoms with E-state index in [2.05, 4.69) is 6.92 Å². The van der Waals surface area contributed by atoms with Crippen molar-refractivity contribution in [2.45, 2.75) is 38.1 Å². The van der Waals surface area contributed by atoms with Crippen LogP contribution in [0.3, 0.4) is 0 Å². The van der Waals surface area contributed by atoms with Gasteiger partial charge in [0.25, 0.3) is 0 Å². The molecule has 0 radical (unpaired) electrons. The van der Waals surface area contributed by atoms with Crippen molar-refractivity contribution in [3.05, 3.63) is 33.8 Å². The minimum atomic E-state index is 0.0985. The fraction of sp³-hybridized carbons (Fsp3) is 0.588. The van der Waals surface area contributed by atoms with Gasteiger partial charge in [0.15, 0.2) is 0 Å². The summed E-state index contributed by atoms with van der Waals surface area (Å²) in [4.78, 5) is 14.6. The van der Waals surface area contributed by atoms with Gasteiger partial charge in [0.05, 0.1) is 0 Å². The van der Waals surface area contributed by atoms with Crippen LogP contribution >= 0.6 is 23.2 Å². The zero-order valence-corrected chi connectivity index (χ0v) is 14.3. The van der Waals surface area contributed by atoms with Crippen LogP contribution in [0, 0.1) is 11.8 Å². The van der Waals surface area contributed by atoms with Crippen molar-refractivity contribution >= 4 is 29.1 Å². The van der Waals surface area contributed by atoms with Crippen LogP contribution in [0.25, 0.3) is 0 Å². The molecule has 0 aromatic heterocycles. The summed E-state index contributed by atoms with van der Waals surface area (Å²) in [6.45, 7) is 3.73. The Morgan fingerprint density at radius 1 is 1.23 bits per heavy atom. The zero-order chi connectivity index (χ0) is 15.9. The van der Waals surface area contributed by atoms with Crippen LogP contribution in [0.4, 0.5) is 0 Å². The van der Waals surface area contributed by atoms with E-state index in [-0.39, 0.29) is 23.8 Å². The number of carbonyl (C=O) groups excluding carboxylic acids is 1. The van der Waals surface area contributed by atoms with E-state index in [4.69, 9.17) is 28.9 Å². The zero-order valence-electron chi connectivity index (χ0n) is 12.8. The Morgan fingerprint density at radius 3 is 2.36 bits per heavy atom. The Bertz CT molecular complexity index is 548. The molecule has 1 heterocycles. The molecule has 1 aliphatic heterocycles. The number of hydrogen-bond donors (Lipinski definition) is 1. The SMILES string of the molecule is CC(N)C1CCN(C(=O)C2CC2c2cc(Cl)cc(Cl)c2)CC1. The average molecular weight is 341 g/mol. The maximum atomic E-state index is 12.6. The molecule has 1 aromatic rings. The molecule has 3 atom stereocenters. The molecule has 1 aliphatic carbocycles. The van der Waals surface area contributed by atoms with Crippen molar-refractivity contribution in [2.24, 2.45) is 17.6 Å². The largest absolute Gasteiger partial charge is 0.342 e. The molecule has 3 nitrogen and oxygen atoms in total. The summed E-state index contributed by atoms with van der Waals surface area (Å²) in [5, 5.41) is 1.27. The normalized spacial score (nSPS) is 26.8. The molecular formula is C17H22Cl2N2O. The molecule has 2 N–H and O–H groups in total. The molecular weight excluding hydrogens is 319 g/mol. The highest BCUT2D eigenvalue weighted by atomic mass is 35.5. The number of piperidine rings is 1. The number of carbonyl (C=O) groups is 1. The smallest absolute Gasteiger partial charge is 0.226 e. The predicted octanol–water partition coefficient (Wildman–Crippen LogP) is 3.68. The molecule has 0 spiro atoms. The summed E-state index contributed by atoms with van der Waals surface area (Å²) in [6.07, 6.45) is 2.94. The van der Waals surface area contributed by atoms with Gasteiger partial charge >= 0.3 is 0 Å². The van der Waals surface area contributed by atoms with Crippen LogP contribution in [0.5, 0.6) is 0 Å². The Balaban J connectivity index is 1.59. The van der Waals surface area contributed by atoms with Crippen molar-refractivity contribution in [3.8, 4) is 0 Å². The molecule has 2 fully saturated rings. The van der Waals surface area contributed by atoms with Crippen LogP contribution in [-0.2, 0) is 4.79 Å². The standard InChI is InChI=1S/C17H22Cl2N2O/c1-10(20)11-2-4-21(5-3-11)17(22)16-9-15(16)12-6-13(18)8-14(19)7-12/h6-8,10-11,15-16H,2-5,9,20H2,1H3. The van der Waals surface area contributed by atoms with Gasteiger partial charge in [-0.05, 0) is 61.8 Å². The molecule has 22 heavy (non-hydrogen) atoms. The number of likely N-dealkylation sites (tertiary alicyclic amines) is 1. The molecule has 120 valence electrons. The van der Waals surface area contributed by atoms with Crippen molar-refractivity contribution in [2.75, 3.05) is 13.1 Å². The molecule has 1 amide bonds. The Morgan fingerprint density at radius 2 is 1.82 bits per heavy atom. The van der Waals surface area contributed by atoms with E-state index < -0.39 is 0 Å². The van der Waals surface area contributed by atoms with Crippen molar-refractivity contribution in [3.63, 3.8) is 0 Å². The minimum Gasteiger partial charge on any atom is -0.342 e. The number of nitrogens with two attached hydrogens (primary N) is 1. The van der Waals surface area contributed by atoms with E-state index in [1.54, 1.807) is 6.07 Å². The fourth-order valence-corrected chi connectivity index (χ4v) is 4.05. The summed E-state index contributed by atoms with van der Waals surface area (Å²) < 4.78 is 0. The van der Waals surface area contributed by atoms with Gasteiger partial charge in [-0.1, -0.05) is 23.2 Å². The summed E-state index contributed by atoms with van der Waals surface area (Å²) in [6, 6.07) is 5.80. The monoisotopic (exact) mass is 340 g/mol. The van der Waals surface area contributed by atoms with E-state index in [0.717, 1.165) is 37.9 Å². The number of benzene rings is 1. The summed E-state index contributed by atoms with van der Waals surface area (Å²) in [5.74, 6) is 1.20. The first kappa shape index (κ1) is 16.1. The van der Waals surface area contributed by atoms with E-state index in [9.17, 15) is 4.79 Å². The van der Waals surface area contributed by atoms with Gasteiger partial charge in [0, 0.05) is 35.1 Å². The van der Waals surface area contributed by atoms with Crippen LogP contribution < -0.4 is 5.73 Å². The van der Waals surface area contributed by atoms with Gasteiger partial charge in [-0.15, -0.1) is 0 Å². The van der Waals surface area contributed by atoms with Gasteiger partial charge in [0.1, 0.15) is 0 Å². The second-order valence-corrected chi connectivity index (χ2v) is 7.55. The van der Waals surface area contributed by atoms with E-state index in [1.807, 2.05) is 17.0 Å². The first-order valence-electron chi connectivity index (χ1n) is 7.96. The second kappa shape index (κ2) is 6.38. The third-order valence-electron chi connectivity index (χ3n) is 5.02. The van der Waals surface area contributed by atoms with Gasteiger partial charge in [-0.3, -0.25) is 4.79 Å². The topological polar surface area (TPSA) is 46.3 Å². The quantitative estimate of drug-likeness (QED) is 0.912. The molecule has 0 bridgehead atoms. The van der Waals surface area contributed by atoms with Gasteiger partial charge in [-0.25, -0.2) is 0 Å². The Hall–Kier alpha value is -0.770. The van der Waals surface area contributed by atoms with Gasteiger partial charge < -0.3 is 10.6 Å². The molecule has 2 aliphatic rings. The number of hydrogen-bond acceptors (Lipinski definition) is 2. The average Bonchev–Trinajstić information content (AvgIpc) is 3.26. The number of nitrogens with zero attached hydrogens (tertiary/aromatic N) is 1. The third kappa shape index (κ3) is 3.42. The van der Waals surface area contributed by atoms with Crippen LogP contribution in [-0.4, -0.2) is 29.9 Å². The number of rotatable bonds is 3. The van der Waals surface area contributed by atoms with Gasteiger partial charge in [0.2, 0.25) is 5.91 Å². The molecule has 1 saturated heterocycles.